The Balaban J connectivity index is 2.26. The number of benzene rings is 2. The molecule has 0 aliphatic heterocycles. The van der Waals surface area contributed by atoms with Crippen molar-refractivity contribution in [1.82, 2.24) is 4.90 Å². The molecule has 1 amide bonds. The number of carbonyl (C=O) groups is 2. The van der Waals surface area contributed by atoms with Gasteiger partial charge in [-0.2, -0.15) is 0 Å². The first kappa shape index (κ1) is 16.7. The first-order chi connectivity index (χ1) is 11.0. The molecule has 0 radical (unpaired) electrons. The van der Waals surface area contributed by atoms with Crippen molar-refractivity contribution in [3.05, 3.63) is 71.0 Å². The van der Waals surface area contributed by atoms with Gasteiger partial charge in [0.05, 0.1) is 7.11 Å². The van der Waals surface area contributed by atoms with Gasteiger partial charge in [0.25, 0.3) is 5.91 Å². The maximum atomic E-state index is 13.0. The predicted molar refractivity (Wildman–Crippen MR) is 84.3 cm³/mol. The van der Waals surface area contributed by atoms with Gasteiger partial charge in [-0.15, -0.1) is 0 Å². The van der Waals surface area contributed by atoms with Crippen LogP contribution in [0.4, 0.5) is 4.39 Å². The van der Waals surface area contributed by atoms with Crippen molar-refractivity contribution >= 4 is 11.9 Å². The Morgan fingerprint density at radius 1 is 1.09 bits per heavy atom. The largest absolute Gasteiger partial charge is 0.468 e. The van der Waals surface area contributed by atoms with Gasteiger partial charge in [0.2, 0.25) is 0 Å². The average Bonchev–Trinajstić information content (AvgIpc) is 2.56. The molecule has 0 bridgehead atoms. The predicted octanol–water partition coefficient (Wildman–Crippen LogP) is 2.95. The SMILES string of the molecule is COC(=O)CN(Cc1ccccc1C)C(=O)c1ccc(F)cc1. The molecule has 0 saturated heterocycles. The topological polar surface area (TPSA) is 46.6 Å². The fourth-order valence-corrected chi connectivity index (χ4v) is 2.19. The standard InChI is InChI=1S/C18H18FNO3/c1-13-5-3-4-6-15(13)11-20(12-17(21)23-2)18(22)14-7-9-16(19)10-8-14/h3-10H,11-12H2,1-2H3. The van der Waals surface area contributed by atoms with Crippen LogP contribution in [0.1, 0.15) is 21.5 Å². The van der Waals surface area contributed by atoms with Crippen LogP contribution in [0.25, 0.3) is 0 Å². The molecule has 0 unspecified atom stereocenters. The lowest BCUT2D eigenvalue weighted by atomic mass is 10.1. The number of rotatable bonds is 5. The molecule has 0 aromatic heterocycles. The molecular weight excluding hydrogens is 297 g/mol. The summed E-state index contributed by atoms with van der Waals surface area (Å²) in [5, 5.41) is 0. The Morgan fingerprint density at radius 2 is 1.74 bits per heavy atom. The highest BCUT2D eigenvalue weighted by molar-refractivity contribution is 5.95. The van der Waals surface area contributed by atoms with Crippen molar-refractivity contribution in [2.75, 3.05) is 13.7 Å². The van der Waals surface area contributed by atoms with Gasteiger partial charge in [0.1, 0.15) is 12.4 Å². The lowest BCUT2D eigenvalue weighted by Gasteiger charge is -2.22. The smallest absolute Gasteiger partial charge is 0.325 e. The van der Waals surface area contributed by atoms with E-state index in [9.17, 15) is 14.0 Å². The Bertz CT molecular complexity index is 698. The van der Waals surface area contributed by atoms with Crippen LogP contribution in [0.2, 0.25) is 0 Å². The van der Waals surface area contributed by atoms with Gasteiger partial charge in [-0.05, 0) is 42.3 Å². The summed E-state index contributed by atoms with van der Waals surface area (Å²) in [6, 6.07) is 12.9. The summed E-state index contributed by atoms with van der Waals surface area (Å²) in [6.45, 7) is 2.05. The minimum absolute atomic E-state index is 0.166. The normalized spacial score (nSPS) is 10.2. The number of hydrogen-bond acceptors (Lipinski definition) is 3. The summed E-state index contributed by atoms with van der Waals surface area (Å²) in [7, 11) is 1.27. The second kappa shape index (κ2) is 7.54. The number of halogens is 1. The molecule has 0 fully saturated rings. The zero-order chi connectivity index (χ0) is 16.8. The fraction of sp³-hybridized carbons (Fsp3) is 0.222. The van der Waals surface area contributed by atoms with Crippen LogP contribution in [-0.2, 0) is 16.1 Å². The molecule has 5 heteroatoms. The summed E-state index contributed by atoms with van der Waals surface area (Å²) in [5.74, 6) is -1.27. The van der Waals surface area contributed by atoms with Gasteiger partial charge in [0, 0.05) is 12.1 Å². The maximum absolute atomic E-state index is 13.0. The molecule has 2 aromatic rings. The van der Waals surface area contributed by atoms with Crippen molar-refractivity contribution in [3.8, 4) is 0 Å². The third-order valence-corrected chi connectivity index (χ3v) is 3.55. The van der Waals surface area contributed by atoms with Gasteiger partial charge < -0.3 is 9.64 Å². The van der Waals surface area contributed by atoms with Crippen LogP contribution in [0.15, 0.2) is 48.5 Å². The van der Waals surface area contributed by atoms with E-state index in [1.165, 1.54) is 36.3 Å². The Hall–Kier alpha value is -2.69. The van der Waals surface area contributed by atoms with E-state index in [4.69, 9.17) is 0 Å². The first-order valence-electron chi connectivity index (χ1n) is 7.17. The Kier molecular flexibility index (Phi) is 5.46. The summed E-state index contributed by atoms with van der Waals surface area (Å²) in [5.41, 5.74) is 2.28. The number of carbonyl (C=O) groups excluding carboxylic acids is 2. The fourth-order valence-electron chi connectivity index (χ4n) is 2.19. The molecule has 0 saturated carbocycles. The monoisotopic (exact) mass is 315 g/mol. The molecule has 0 heterocycles. The highest BCUT2D eigenvalue weighted by Gasteiger charge is 2.20. The minimum Gasteiger partial charge on any atom is -0.468 e. The molecule has 0 aliphatic carbocycles. The van der Waals surface area contributed by atoms with Crippen LogP contribution < -0.4 is 0 Å². The molecule has 0 aliphatic rings. The number of ether oxygens (including phenoxy) is 1. The zero-order valence-corrected chi connectivity index (χ0v) is 13.1. The third kappa shape index (κ3) is 4.39. The lowest BCUT2D eigenvalue weighted by Crippen LogP contribution is -2.36. The van der Waals surface area contributed by atoms with Crippen LogP contribution in [0.3, 0.4) is 0 Å². The van der Waals surface area contributed by atoms with E-state index in [0.29, 0.717) is 5.56 Å². The van der Waals surface area contributed by atoms with Crippen molar-refractivity contribution in [3.63, 3.8) is 0 Å². The van der Waals surface area contributed by atoms with Crippen molar-refractivity contribution in [1.29, 1.82) is 0 Å². The van der Waals surface area contributed by atoms with E-state index in [1.807, 2.05) is 31.2 Å². The van der Waals surface area contributed by atoms with Gasteiger partial charge in [-0.25, -0.2) is 4.39 Å². The summed E-state index contributed by atoms with van der Waals surface area (Å²) >= 11 is 0. The molecule has 4 nitrogen and oxygen atoms in total. The number of hydrogen-bond donors (Lipinski definition) is 0. The van der Waals surface area contributed by atoms with E-state index in [2.05, 4.69) is 4.74 Å². The minimum atomic E-state index is -0.506. The number of amides is 1. The number of nitrogens with zero attached hydrogens (tertiary/aromatic N) is 1. The Labute approximate surface area is 134 Å². The average molecular weight is 315 g/mol. The van der Waals surface area contributed by atoms with E-state index in [1.54, 1.807) is 0 Å². The van der Waals surface area contributed by atoms with Crippen molar-refractivity contribution < 1.29 is 18.7 Å². The second-order valence-electron chi connectivity index (χ2n) is 5.17. The summed E-state index contributed by atoms with van der Waals surface area (Å²) in [4.78, 5) is 25.6. The zero-order valence-electron chi connectivity index (χ0n) is 13.1. The summed E-state index contributed by atoms with van der Waals surface area (Å²) < 4.78 is 17.7. The number of esters is 1. The van der Waals surface area contributed by atoms with E-state index in [0.717, 1.165) is 11.1 Å². The third-order valence-electron chi connectivity index (χ3n) is 3.55. The van der Waals surface area contributed by atoms with Crippen molar-refractivity contribution in [2.45, 2.75) is 13.5 Å². The number of methoxy groups -OCH3 is 1. The lowest BCUT2D eigenvalue weighted by molar-refractivity contribution is -0.141. The molecule has 2 rings (SSSR count). The molecule has 2 aromatic carbocycles. The molecule has 0 N–H and O–H groups in total. The van der Waals surface area contributed by atoms with E-state index >= 15 is 0 Å². The second-order valence-corrected chi connectivity index (χ2v) is 5.17. The quantitative estimate of drug-likeness (QED) is 0.797. The molecule has 23 heavy (non-hydrogen) atoms. The summed E-state index contributed by atoms with van der Waals surface area (Å²) in [6.07, 6.45) is 0. The van der Waals surface area contributed by atoms with Crippen molar-refractivity contribution in [2.24, 2.45) is 0 Å². The van der Waals surface area contributed by atoms with Gasteiger partial charge in [-0.3, -0.25) is 9.59 Å². The number of aryl methyl sites for hydroxylation is 1. The molecule has 0 spiro atoms. The van der Waals surface area contributed by atoms with Crippen LogP contribution >= 0.6 is 0 Å². The van der Waals surface area contributed by atoms with E-state index < -0.39 is 11.8 Å². The molecular formula is C18H18FNO3. The maximum Gasteiger partial charge on any atom is 0.325 e. The first-order valence-corrected chi connectivity index (χ1v) is 7.17. The highest BCUT2D eigenvalue weighted by atomic mass is 19.1. The molecule has 120 valence electrons. The van der Waals surface area contributed by atoms with Crippen LogP contribution in [0, 0.1) is 12.7 Å². The van der Waals surface area contributed by atoms with Gasteiger partial charge >= 0.3 is 5.97 Å². The van der Waals surface area contributed by atoms with E-state index in [-0.39, 0.29) is 19.0 Å². The Morgan fingerprint density at radius 3 is 2.35 bits per heavy atom. The van der Waals surface area contributed by atoms with Crippen LogP contribution in [0.5, 0.6) is 0 Å². The van der Waals surface area contributed by atoms with Crippen LogP contribution in [-0.4, -0.2) is 30.4 Å². The van der Waals surface area contributed by atoms with Gasteiger partial charge in [-0.1, -0.05) is 24.3 Å². The van der Waals surface area contributed by atoms with Gasteiger partial charge in [0.15, 0.2) is 0 Å². The highest BCUT2D eigenvalue weighted by Crippen LogP contribution is 2.14. The molecule has 0 atom stereocenters.